The van der Waals surface area contributed by atoms with Crippen LogP contribution < -0.4 is 14.8 Å². The topological polar surface area (TPSA) is 30.5 Å². The third kappa shape index (κ3) is 3.76. The van der Waals surface area contributed by atoms with E-state index >= 15 is 0 Å². The van der Waals surface area contributed by atoms with E-state index in [0.29, 0.717) is 6.04 Å². The molecular formula is C17H25NO2. The molecule has 0 aliphatic carbocycles. The van der Waals surface area contributed by atoms with Gasteiger partial charge in [0.1, 0.15) is 11.5 Å². The first kappa shape index (κ1) is 14.9. The minimum atomic E-state index is 0.463. The maximum Gasteiger partial charge on any atom is 0.126 e. The maximum atomic E-state index is 5.40. The van der Waals surface area contributed by atoms with Crippen molar-refractivity contribution in [1.29, 1.82) is 0 Å². The summed E-state index contributed by atoms with van der Waals surface area (Å²) in [5, 5.41) is 3.56. The third-order valence-electron chi connectivity index (χ3n) is 4.07. The van der Waals surface area contributed by atoms with Crippen molar-refractivity contribution in [2.75, 3.05) is 20.8 Å². The molecule has 0 saturated carbocycles. The summed E-state index contributed by atoms with van der Waals surface area (Å²) in [4.78, 5) is 0. The van der Waals surface area contributed by atoms with Crippen LogP contribution >= 0.6 is 0 Å². The van der Waals surface area contributed by atoms with Gasteiger partial charge in [-0.05, 0) is 43.5 Å². The van der Waals surface area contributed by atoms with E-state index in [9.17, 15) is 0 Å². The Morgan fingerprint density at radius 3 is 2.85 bits per heavy atom. The summed E-state index contributed by atoms with van der Waals surface area (Å²) in [7, 11) is 3.38. The summed E-state index contributed by atoms with van der Waals surface area (Å²) < 4.78 is 10.7. The van der Waals surface area contributed by atoms with Crippen molar-refractivity contribution in [2.45, 2.75) is 32.2 Å². The van der Waals surface area contributed by atoms with E-state index in [0.717, 1.165) is 29.5 Å². The van der Waals surface area contributed by atoms with Gasteiger partial charge >= 0.3 is 0 Å². The molecule has 1 saturated heterocycles. The summed E-state index contributed by atoms with van der Waals surface area (Å²) in [5.74, 6) is 2.58. The van der Waals surface area contributed by atoms with Gasteiger partial charge in [0.2, 0.25) is 0 Å². The van der Waals surface area contributed by atoms with Crippen molar-refractivity contribution in [1.82, 2.24) is 5.32 Å². The molecule has 110 valence electrons. The van der Waals surface area contributed by atoms with Crippen molar-refractivity contribution < 1.29 is 9.47 Å². The monoisotopic (exact) mass is 275 g/mol. The zero-order chi connectivity index (χ0) is 14.4. The Labute approximate surface area is 122 Å². The minimum absolute atomic E-state index is 0.463. The smallest absolute Gasteiger partial charge is 0.126 e. The molecule has 1 aromatic carbocycles. The van der Waals surface area contributed by atoms with Gasteiger partial charge in [-0.2, -0.15) is 0 Å². The Morgan fingerprint density at radius 1 is 1.30 bits per heavy atom. The van der Waals surface area contributed by atoms with Crippen LogP contribution in [0.4, 0.5) is 0 Å². The molecule has 2 atom stereocenters. The molecule has 0 spiro atoms. The summed E-state index contributed by atoms with van der Waals surface area (Å²) in [6.07, 6.45) is 8.17. The molecule has 0 radical (unpaired) electrons. The number of hydrogen-bond acceptors (Lipinski definition) is 3. The van der Waals surface area contributed by atoms with Crippen molar-refractivity contribution in [2.24, 2.45) is 5.92 Å². The fourth-order valence-electron chi connectivity index (χ4n) is 2.74. The first-order chi connectivity index (χ1) is 9.76. The van der Waals surface area contributed by atoms with Gasteiger partial charge in [-0.15, -0.1) is 0 Å². The highest BCUT2D eigenvalue weighted by Gasteiger charge is 2.17. The van der Waals surface area contributed by atoms with Gasteiger partial charge in [0.15, 0.2) is 0 Å². The van der Waals surface area contributed by atoms with Crippen LogP contribution in [-0.4, -0.2) is 26.8 Å². The molecule has 0 aromatic heterocycles. The average Bonchev–Trinajstić information content (AvgIpc) is 2.52. The van der Waals surface area contributed by atoms with Gasteiger partial charge in [0.05, 0.1) is 14.2 Å². The van der Waals surface area contributed by atoms with Gasteiger partial charge in [-0.1, -0.05) is 25.5 Å². The van der Waals surface area contributed by atoms with E-state index in [1.807, 2.05) is 18.2 Å². The molecule has 1 aromatic rings. The second kappa shape index (κ2) is 7.34. The van der Waals surface area contributed by atoms with E-state index in [1.165, 1.54) is 19.3 Å². The first-order valence-electron chi connectivity index (χ1n) is 7.40. The zero-order valence-corrected chi connectivity index (χ0v) is 12.7. The lowest BCUT2D eigenvalue weighted by atomic mass is 9.90. The van der Waals surface area contributed by atoms with Crippen LogP contribution in [0.25, 0.3) is 6.08 Å². The van der Waals surface area contributed by atoms with E-state index in [2.05, 4.69) is 24.4 Å². The lowest BCUT2D eigenvalue weighted by Gasteiger charge is -2.27. The van der Waals surface area contributed by atoms with Gasteiger partial charge in [0, 0.05) is 11.6 Å². The van der Waals surface area contributed by atoms with Crippen LogP contribution in [0.5, 0.6) is 11.5 Å². The SMILES string of the molecule is CCC1CCNC(/C=C/c2cc(OC)ccc2OC)C1. The molecule has 3 nitrogen and oxygen atoms in total. The van der Waals surface area contributed by atoms with Crippen LogP contribution in [-0.2, 0) is 0 Å². The standard InChI is InChI=1S/C17H25NO2/c1-4-13-9-10-18-15(11-13)6-5-14-12-16(19-2)7-8-17(14)20-3/h5-8,12-13,15,18H,4,9-11H2,1-3H3/b6-5+. The van der Waals surface area contributed by atoms with Crippen LogP contribution in [0.3, 0.4) is 0 Å². The lowest BCUT2D eigenvalue weighted by Crippen LogP contribution is -2.36. The Bertz CT molecular complexity index is 456. The van der Waals surface area contributed by atoms with Gasteiger partial charge in [0.25, 0.3) is 0 Å². The fourth-order valence-corrected chi connectivity index (χ4v) is 2.74. The molecule has 2 rings (SSSR count). The summed E-state index contributed by atoms with van der Waals surface area (Å²) >= 11 is 0. The number of benzene rings is 1. The minimum Gasteiger partial charge on any atom is -0.497 e. The molecule has 20 heavy (non-hydrogen) atoms. The number of rotatable bonds is 5. The predicted octanol–water partition coefficient (Wildman–Crippen LogP) is 3.50. The number of methoxy groups -OCH3 is 2. The zero-order valence-electron chi connectivity index (χ0n) is 12.7. The highest BCUT2D eigenvalue weighted by atomic mass is 16.5. The van der Waals surface area contributed by atoms with Crippen molar-refractivity contribution in [3.05, 3.63) is 29.8 Å². The Hall–Kier alpha value is -1.48. The number of nitrogens with one attached hydrogen (secondary N) is 1. The highest BCUT2D eigenvalue weighted by molar-refractivity contribution is 5.60. The van der Waals surface area contributed by atoms with Crippen LogP contribution in [0.15, 0.2) is 24.3 Å². The second-order valence-electron chi connectivity index (χ2n) is 5.33. The van der Waals surface area contributed by atoms with Crippen molar-refractivity contribution >= 4 is 6.08 Å². The Balaban J connectivity index is 2.09. The van der Waals surface area contributed by atoms with E-state index in [1.54, 1.807) is 14.2 Å². The summed E-state index contributed by atoms with van der Waals surface area (Å²) in [6.45, 7) is 3.39. The third-order valence-corrected chi connectivity index (χ3v) is 4.07. The first-order valence-corrected chi connectivity index (χ1v) is 7.40. The summed E-state index contributed by atoms with van der Waals surface area (Å²) in [6, 6.07) is 6.34. The molecule has 1 aliphatic heterocycles. The normalized spacial score (nSPS) is 22.9. The molecule has 1 fully saturated rings. The van der Waals surface area contributed by atoms with E-state index in [-0.39, 0.29) is 0 Å². The molecule has 2 unspecified atom stereocenters. The van der Waals surface area contributed by atoms with E-state index in [4.69, 9.17) is 9.47 Å². The molecule has 0 bridgehead atoms. The quantitative estimate of drug-likeness (QED) is 0.892. The molecule has 1 N–H and O–H groups in total. The van der Waals surface area contributed by atoms with Crippen LogP contribution in [0.2, 0.25) is 0 Å². The van der Waals surface area contributed by atoms with Crippen LogP contribution in [0, 0.1) is 5.92 Å². The number of piperidine rings is 1. The molecular weight excluding hydrogens is 250 g/mol. The number of hydrogen-bond donors (Lipinski definition) is 1. The molecule has 0 amide bonds. The predicted molar refractivity (Wildman–Crippen MR) is 83.4 cm³/mol. The van der Waals surface area contributed by atoms with E-state index < -0.39 is 0 Å². The lowest BCUT2D eigenvalue weighted by molar-refractivity contribution is 0.326. The Morgan fingerprint density at radius 2 is 2.15 bits per heavy atom. The average molecular weight is 275 g/mol. The van der Waals surface area contributed by atoms with Gasteiger partial charge in [-0.25, -0.2) is 0 Å². The summed E-state index contributed by atoms with van der Waals surface area (Å²) in [5.41, 5.74) is 1.06. The Kier molecular flexibility index (Phi) is 5.48. The van der Waals surface area contributed by atoms with Crippen LogP contribution in [0.1, 0.15) is 31.7 Å². The van der Waals surface area contributed by atoms with Crippen molar-refractivity contribution in [3.63, 3.8) is 0 Å². The van der Waals surface area contributed by atoms with Gasteiger partial charge < -0.3 is 14.8 Å². The van der Waals surface area contributed by atoms with Gasteiger partial charge in [-0.3, -0.25) is 0 Å². The molecule has 1 heterocycles. The maximum absolute atomic E-state index is 5.40. The highest BCUT2D eigenvalue weighted by Crippen LogP contribution is 2.26. The van der Waals surface area contributed by atoms with Crippen molar-refractivity contribution in [3.8, 4) is 11.5 Å². The molecule has 1 aliphatic rings. The molecule has 3 heteroatoms. The largest absolute Gasteiger partial charge is 0.497 e. The second-order valence-corrected chi connectivity index (χ2v) is 5.33. The number of ether oxygens (including phenoxy) is 2. The fraction of sp³-hybridized carbons (Fsp3) is 0.529.